The fourth-order valence-corrected chi connectivity index (χ4v) is 2.83. The molecule has 0 fully saturated rings. The molecule has 6 heteroatoms. The first-order valence-electron chi connectivity index (χ1n) is 6.44. The van der Waals surface area contributed by atoms with Gasteiger partial charge in [-0.3, -0.25) is 10.5 Å². The third-order valence-electron chi connectivity index (χ3n) is 3.35. The van der Waals surface area contributed by atoms with E-state index in [-0.39, 0.29) is 6.04 Å². The summed E-state index contributed by atoms with van der Waals surface area (Å²) in [4.78, 5) is 0. The lowest BCUT2D eigenvalue weighted by molar-refractivity contribution is 0.399. The van der Waals surface area contributed by atoms with E-state index in [1.807, 2.05) is 17.7 Å². The van der Waals surface area contributed by atoms with Crippen LogP contribution in [0.2, 0.25) is 0 Å². The van der Waals surface area contributed by atoms with Crippen LogP contribution in [0.3, 0.4) is 0 Å². The van der Waals surface area contributed by atoms with Gasteiger partial charge in [0, 0.05) is 11.0 Å². The van der Waals surface area contributed by atoms with E-state index >= 15 is 0 Å². The van der Waals surface area contributed by atoms with Crippen LogP contribution >= 0.6 is 15.9 Å². The summed E-state index contributed by atoms with van der Waals surface area (Å²) < 4.78 is 8.35. The van der Waals surface area contributed by atoms with Crippen molar-refractivity contribution in [2.45, 2.75) is 26.4 Å². The van der Waals surface area contributed by atoms with E-state index in [1.165, 1.54) is 0 Å². The monoisotopic (exact) mass is 338 g/mol. The number of rotatable bonds is 5. The molecule has 1 aromatic carbocycles. The molecule has 20 heavy (non-hydrogen) atoms. The van der Waals surface area contributed by atoms with Crippen molar-refractivity contribution in [3.05, 3.63) is 45.7 Å². The van der Waals surface area contributed by atoms with Crippen LogP contribution in [0, 0.1) is 6.92 Å². The van der Waals surface area contributed by atoms with Crippen LogP contribution in [-0.4, -0.2) is 16.9 Å². The summed E-state index contributed by atoms with van der Waals surface area (Å²) in [5.41, 5.74) is 6.06. The van der Waals surface area contributed by atoms with Gasteiger partial charge in [0.2, 0.25) is 0 Å². The highest BCUT2D eigenvalue weighted by Crippen LogP contribution is 2.32. The van der Waals surface area contributed by atoms with Crippen LogP contribution in [0.15, 0.2) is 28.9 Å². The minimum atomic E-state index is -0.166. The Bertz CT molecular complexity index is 575. The molecular formula is C14H19BrN4O. The summed E-state index contributed by atoms with van der Waals surface area (Å²) in [5.74, 6) is 6.53. The van der Waals surface area contributed by atoms with Crippen LogP contribution in [-0.2, 0) is 6.54 Å². The summed E-state index contributed by atoms with van der Waals surface area (Å²) in [6, 6.07) is 5.96. The first kappa shape index (κ1) is 15.0. The second-order valence-corrected chi connectivity index (χ2v) is 5.43. The van der Waals surface area contributed by atoms with Crippen molar-refractivity contribution in [2.24, 2.45) is 5.84 Å². The maximum absolute atomic E-state index is 5.79. The van der Waals surface area contributed by atoms with E-state index in [2.05, 4.69) is 45.5 Å². The minimum Gasteiger partial charge on any atom is -0.493 e. The summed E-state index contributed by atoms with van der Waals surface area (Å²) in [6.07, 6.45) is 1.72. The number of aryl methyl sites for hydroxylation is 2. The Morgan fingerprint density at radius 2 is 2.25 bits per heavy atom. The SMILES string of the molecule is CCn1ncc(OC)c1C(NN)c1ccc(Br)cc1C. The zero-order valence-electron chi connectivity index (χ0n) is 11.9. The van der Waals surface area contributed by atoms with Crippen LogP contribution in [0.4, 0.5) is 0 Å². The van der Waals surface area contributed by atoms with Gasteiger partial charge in [0.05, 0.1) is 19.3 Å². The van der Waals surface area contributed by atoms with Crippen LogP contribution in [0.1, 0.15) is 29.8 Å². The predicted octanol–water partition coefficient (Wildman–Crippen LogP) is 2.54. The van der Waals surface area contributed by atoms with Gasteiger partial charge in [0.15, 0.2) is 5.75 Å². The Balaban J connectivity index is 2.54. The van der Waals surface area contributed by atoms with Crippen molar-refractivity contribution in [3.8, 4) is 5.75 Å². The first-order chi connectivity index (χ1) is 9.62. The molecule has 1 heterocycles. The molecule has 1 atom stereocenters. The number of nitrogens with two attached hydrogens (primary N) is 1. The largest absolute Gasteiger partial charge is 0.493 e. The number of nitrogens with one attached hydrogen (secondary N) is 1. The lowest BCUT2D eigenvalue weighted by Gasteiger charge is -2.21. The number of methoxy groups -OCH3 is 1. The molecule has 0 aliphatic carbocycles. The van der Waals surface area contributed by atoms with Gasteiger partial charge in [-0.2, -0.15) is 5.10 Å². The van der Waals surface area contributed by atoms with E-state index in [9.17, 15) is 0 Å². The minimum absolute atomic E-state index is 0.166. The highest BCUT2D eigenvalue weighted by atomic mass is 79.9. The average Bonchev–Trinajstić information content (AvgIpc) is 2.85. The fraction of sp³-hybridized carbons (Fsp3) is 0.357. The van der Waals surface area contributed by atoms with Crippen LogP contribution in [0.5, 0.6) is 5.75 Å². The molecule has 1 unspecified atom stereocenters. The molecule has 5 nitrogen and oxygen atoms in total. The molecule has 0 aliphatic heterocycles. The summed E-state index contributed by atoms with van der Waals surface area (Å²) in [5, 5.41) is 4.33. The molecule has 0 spiro atoms. The van der Waals surface area contributed by atoms with E-state index in [1.54, 1.807) is 13.3 Å². The van der Waals surface area contributed by atoms with E-state index < -0.39 is 0 Å². The van der Waals surface area contributed by atoms with Crippen molar-refractivity contribution in [2.75, 3.05) is 7.11 Å². The number of halogens is 1. The third-order valence-corrected chi connectivity index (χ3v) is 3.84. The summed E-state index contributed by atoms with van der Waals surface area (Å²) in [7, 11) is 1.64. The highest BCUT2D eigenvalue weighted by molar-refractivity contribution is 9.10. The van der Waals surface area contributed by atoms with Crippen molar-refractivity contribution in [1.82, 2.24) is 15.2 Å². The Morgan fingerprint density at radius 1 is 1.50 bits per heavy atom. The van der Waals surface area contributed by atoms with Gasteiger partial charge >= 0.3 is 0 Å². The zero-order chi connectivity index (χ0) is 14.7. The van der Waals surface area contributed by atoms with Crippen molar-refractivity contribution >= 4 is 15.9 Å². The van der Waals surface area contributed by atoms with Crippen molar-refractivity contribution in [1.29, 1.82) is 0 Å². The summed E-state index contributed by atoms with van der Waals surface area (Å²) >= 11 is 3.48. The molecule has 2 aromatic rings. The van der Waals surface area contributed by atoms with Gasteiger partial charge < -0.3 is 4.74 Å². The Kier molecular flexibility index (Phi) is 4.80. The number of hydrazine groups is 1. The van der Waals surface area contributed by atoms with E-state index in [0.717, 1.165) is 33.6 Å². The van der Waals surface area contributed by atoms with Gasteiger partial charge in [0.1, 0.15) is 5.69 Å². The van der Waals surface area contributed by atoms with E-state index in [4.69, 9.17) is 10.6 Å². The topological polar surface area (TPSA) is 65.1 Å². The standard InChI is InChI=1S/C14H19BrN4O/c1-4-19-14(12(20-3)8-17-19)13(18-16)11-6-5-10(15)7-9(11)2/h5-8,13,18H,4,16H2,1-3H3. The maximum atomic E-state index is 5.79. The number of hydrogen-bond donors (Lipinski definition) is 2. The number of hydrogen-bond acceptors (Lipinski definition) is 4. The molecule has 3 N–H and O–H groups in total. The average molecular weight is 339 g/mol. The van der Waals surface area contributed by atoms with Crippen molar-refractivity contribution in [3.63, 3.8) is 0 Å². The Hall–Kier alpha value is -1.37. The number of benzene rings is 1. The quantitative estimate of drug-likeness (QED) is 0.649. The van der Waals surface area contributed by atoms with Crippen molar-refractivity contribution < 1.29 is 4.74 Å². The fourth-order valence-electron chi connectivity index (χ4n) is 2.36. The molecule has 0 aliphatic rings. The molecule has 0 saturated carbocycles. The maximum Gasteiger partial charge on any atom is 0.161 e. The lowest BCUT2D eigenvalue weighted by atomic mass is 9.99. The van der Waals surface area contributed by atoms with Gasteiger partial charge in [-0.15, -0.1) is 0 Å². The smallest absolute Gasteiger partial charge is 0.161 e. The third kappa shape index (κ3) is 2.72. The first-order valence-corrected chi connectivity index (χ1v) is 7.23. The molecule has 0 amide bonds. The normalized spacial score (nSPS) is 12.4. The Labute approximate surface area is 127 Å². The number of nitrogens with zero attached hydrogens (tertiary/aromatic N) is 2. The Morgan fingerprint density at radius 3 is 2.80 bits per heavy atom. The second-order valence-electron chi connectivity index (χ2n) is 4.51. The molecular weight excluding hydrogens is 320 g/mol. The molecule has 2 rings (SSSR count). The lowest BCUT2D eigenvalue weighted by Crippen LogP contribution is -2.31. The van der Waals surface area contributed by atoms with Crippen LogP contribution in [0.25, 0.3) is 0 Å². The zero-order valence-corrected chi connectivity index (χ0v) is 13.4. The summed E-state index contributed by atoms with van der Waals surface area (Å²) in [6.45, 7) is 4.86. The number of aromatic nitrogens is 2. The molecule has 108 valence electrons. The van der Waals surface area contributed by atoms with Gasteiger partial charge in [-0.05, 0) is 37.1 Å². The van der Waals surface area contributed by atoms with Crippen LogP contribution < -0.4 is 16.0 Å². The highest BCUT2D eigenvalue weighted by Gasteiger charge is 2.23. The van der Waals surface area contributed by atoms with Gasteiger partial charge in [-0.1, -0.05) is 22.0 Å². The molecule has 0 radical (unpaired) electrons. The second kappa shape index (κ2) is 6.39. The molecule has 0 saturated heterocycles. The molecule has 1 aromatic heterocycles. The van der Waals surface area contributed by atoms with E-state index in [0.29, 0.717) is 0 Å². The predicted molar refractivity (Wildman–Crippen MR) is 82.5 cm³/mol. The van der Waals surface area contributed by atoms with Gasteiger partial charge in [0.25, 0.3) is 0 Å². The molecule has 0 bridgehead atoms. The number of ether oxygens (including phenoxy) is 1. The van der Waals surface area contributed by atoms with Gasteiger partial charge in [-0.25, -0.2) is 5.43 Å².